The Kier molecular flexibility index (Phi) is 7.07. The Morgan fingerprint density at radius 1 is 1.26 bits per heavy atom. The quantitative estimate of drug-likeness (QED) is 0.598. The smallest absolute Gasteiger partial charge is 0.328 e. The highest BCUT2D eigenvalue weighted by atomic mass is 79.9. The number of benzene rings is 1. The molecule has 0 radical (unpaired) electrons. The molecule has 1 aromatic carbocycles. The van der Waals surface area contributed by atoms with Crippen molar-refractivity contribution in [1.29, 1.82) is 0 Å². The highest BCUT2D eigenvalue weighted by molar-refractivity contribution is 9.10. The first kappa shape index (κ1) is 20.1. The van der Waals surface area contributed by atoms with E-state index in [1.807, 2.05) is 29.6 Å². The molecule has 1 aromatic heterocycles. The molecule has 1 atom stereocenters. The minimum atomic E-state index is -0.606. The molecule has 1 fully saturated rings. The van der Waals surface area contributed by atoms with Crippen molar-refractivity contribution in [3.63, 3.8) is 0 Å². The Hall–Kier alpha value is -1.66. The second-order valence-electron chi connectivity index (χ2n) is 6.96. The Bertz CT molecular complexity index is 785. The van der Waals surface area contributed by atoms with Crippen molar-refractivity contribution >= 4 is 39.1 Å². The number of carbonyl (C=O) groups is 2. The molecule has 0 unspecified atom stereocenters. The molecule has 1 aliphatic carbocycles. The molecule has 27 heavy (non-hydrogen) atoms. The summed E-state index contributed by atoms with van der Waals surface area (Å²) in [5, 5.41) is 4.91. The summed E-state index contributed by atoms with van der Waals surface area (Å²) in [5.74, 6) is -0.148. The lowest BCUT2D eigenvalue weighted by Gasteiger charge is -2.26. The van der Waals surface area contributed by atoms with Crippen molar-refractivity contribution < 1.29 is 14.3 Å². The number of ether oxygens (including phenoxy) is 1. The zero-order chi connectivity index (χ0) is 19.2. The number of halogens is 1. The fourth-order valence-electron chi connectivity index (χ4n) is 3.70. The predicted octanol–water partition coefficient (Wildman–Crippen LogP) is 5.42. The van der Waals surface area contributed by atoms with Gasteiger partial charge < -0.3 is 10.1 Å². The summed E-state index contributed by atoms with van der Waals surface area (Å²) in [5.41, 5.74) is 1.43. The molecule has 1 saturated carbocycles. The van der Waals surface area contributed by atoms with E-state index in [0.29, 0.717) is 17.9 Å². The summed E-state index contributed by atoms with van der Waals surface area (Å²) in [6.07, 6.45) is 6.52. The van der Waals surface area contributed by atoms with E-state index < -0.39 is 6.04 Å². The fourth-order valence-corrected chi connectivity index (χ4v) is 4.82. The monoisotopic (exact) mass is 449 g/mol. The largest absolute Gasteiger partial charge is 0.467 e. The SMILES string of the molecule is COC(=O)[C@H](CC1CCCCC1)NC(=O)c1ccc(Br)cc1-c1cccs1. The number of methoxy groups -OCH3 is 1. The fraction of sp³-hybridized carbons (Fsp3) is 0.429. The van der Waals surface area contributed by atoms with Gasteiger partial charge in [0.25, 0.3) is 5.91 Å². The topological polar surface area (TPSA) is 55.4 Å². The van der Waals surface area contributed by atoms with Gasteiger partial charge in [0.2, 0.25) is 0 Å². The zero-order valence-electron chi connectivity index (χ0n) is 15.4. The van der Waals surface area contributed by atoms with E-state index in [1.54, 1.807) is 17.4 Å². The van der Waals surface area contributed by atoms with Gasteiger partial charge in [-0.3, -0.25) is 4.79 Å². The van der Waals surface area contributed by atoms with E-state index in [4.69, 9.17) is 4.74 Å². The first-order valence-electron chi connectivity index (χ1n) is 9.30. The molecular formula is C21H24BrNO3S. The number of hydrogen-bond donors (Lipinski definition) is 1. The van der Waals surface area contributed by atoms with Gasteiger partial charge in [0.05, 0.1) is 7.11 Å². The average Bonchev–Trinajstić information content (AvgIpc) is 3.22. The first-order chi connectivity index (χ1) is 13.1. The predicted molar refractivity (Wildman–Crippen MR) is 112 cm³/mol. The van der Waals surface area contributed by atoms with Crippen molar-refractivity contribution in [2.24, 2.45) is 5.92 Å². The molecule has 1 N–H and O–H groups in total. The van der Waals surface area contributed by atoms with Crippen LogP contribution in [0.1, 0.15) is 48.9 Å². The number of nitrogens with one attached hydrogen (secondary N) is 1. The number of carbonyl (C=O) groups excluding carboxylic acids is 2. The second kappa shape index (κ2) is 9.51. The molecule has 6 heteroatoms. The molecule has 1 aliphatic rings. The summed E-state index contributed by atoms with van der Waals surface area (Å²) in [6, 6.07) is 8.93. The number of rotatable bonds is 6. The van der Waals surface area contributed by atoms with Crippen LogP contribution >= 0.6 is 27.3 Å². The number of thiophene rings is 1. The van der Waals surface area contributed by atoms with Crippen LogP contribution in [-0.2, 0) is 9.53 Å². The first-order valence-corrected chi connectivity index (χ1v) is 11.0. The van der Waals surface area contributed by atoms with Crippen molar-refractivity contribution in [2.75, 3.05) is 7.11 Å². The van der Waals surface area contributed by atoms with Crippen LogP contribution in [0.25, 0.3) is 10.4 Å². The lowest BCUT2D eigenvalue weighted by atomic mass is 9.84. The van der Waals surface area contributed by atoms with Crippen LogP contribution in [0.3, 0.4) is 0 Å². The third kappa shape index (κ3) is 5.20. The molecule has 3 rings (SSSR count). The Balaban J connectivity index is 1.80. The molecule has 144 valence electrons. The molecule has 0 bridgehead atoms. The Morgan fingerprint density at radius 3 is 2.70 bits per heavy atom. The van der Waals surface area contributed by atoms with Crippen LogP contribution in [0, 0.1) is 5.92 Å². The lowest BCUT2D eigenvalue weighted by Crippen LogP contribution is -2.43. The molecular weight excluding hydrogens is 426 g/mol. The summed E-state index contributed by atoms with van der Waals surface area (Å²) in [6.45, 7) is 0. The van der Waals surface area contributed by atoms with Gasteiger partial charge in [-0.25, -0.2) is 4.79 Å². The number of amides is 1. The molecule has 0 spiro atoms. The van der Waals surface area contributed by atoms with E-state index >= 15 is 0 Å². The summed E-state index contributed by atoms with van der Waals surface area (Å²) in [7, 11) is 1.37. The number of hydrogen-bond acceptors (Lipinski definition) is 4. The standard InChI is InChI=1S/C21H24BrNO3S/c1-26-21(25)18(12-14-6-3-2-4-7-14)23-20(24)16-10-9-15(22)13-17(16)19-8-5-11-27-19/h5,8-11,13-14,18H,2-4,6-7,12H2,1H3,(H,23,24)/t18-/m0/s1. The summed E-state index contributed by atoms with van der Waals surface area (Å²) < 4.78 is 5.86. The highest BCUT2D eigenvalue weighted by Gasteiger charge is 2.27. The van der Waals surface area contributed by atoms with Crippen molar-refractivity contribution in [3.05, 3.63) is 45.7 Å². The minimum absolute atomic E-state index is 0.239. The maximum atomic E-state index is 13.0. The van der Waals surface area contributed by atoms with Crippen molar-refractivity contribution in [1.82, 2.24) is 5.32 Å². The van der Waals surface area contributed by atoms with Crippen LogP contribution in [0.4, 0.5) is 0 Å². The van der Waals surface area contributed by atoms with Crippen molar-refractivity contribution in [2.45, 2.75) is 44.6 Å². The van der Waals surface area contributed by atoms with Gasteiger partial charge in [0.1, 0.15) is 6.04 Å². The molecule has 1 heterocycles. The van der Waals surface area contributed by atoms with Gasteiger partial charge in [-0.2, -0.15) is 0 Å². The lowest BCUT2D eigenvalue weighted by molar-refractivity contribution is -0.143. The summed E-state index contributed by atoms with van der Waals surface area (Å²) >= 11 is 5.06. The van der Waals surface area contributed by atoms with E-state index in [-0.39, 0.29) is 11.9 Å². The molecule has 4 nitrogen and oxygen atoms in total. The molecule has 0 saturated heterocycles. The van der Waals surface area contributed by atoms with Crippen LogP contribution in [0.15, 0.2) is 40.2 Å². The van der Waals surface area contributed by atoms with Gasteiger partial charge in [-0.1, -0.05) is 54.1 Å². The second-order valence-corrected chi connectivity index (χ2v) is 8.82. The van der Waals surface area contributed by atoms with Crippen LogP contribution in [-0.4, -0.2) is 25.0 Å². The van der Waals surface area contributed by atoms with E-state index in [1.165, 1.54) is 26.4 Å². The van der Waals surface area contributed by atoms with Gasteiger partial charge >= 0.3 is 5.97 Å². The minimum Gasteiger partial charge on any atom is -0.467 e. The van der Waals surface area contributed by atoms with Gasteiger partial charge in [0.15, 0.2) is 0 Å². The molecule has 1 amide bonds. The van der Waals surface area contributed by atoms with E-state index in [9.17, 15) is 9.59 Å². The van der Waals surface area contributed by atoms with Gasteiger partial charge in [0, 0.05) is 20.5 Å². The Morgan fingerprint density at radius 2 is 2.04 bits per heavy atom. The Labute approximate surface area is 172 Å². The normalized spacial score (nSPS) is 15.9. The zero-order valence-corrected chi connectivity index (χ0v) is 17.8. The molecule has 0 aliphatic heterocycles. The van der Waals surface area contributed by atoms with E-state index in [2.05, 4.69) is 21.2 Å². The van der Waals surface area contributed by atoms with Crippen LogP contribution in [0.5, 0.6) is 0 Å². The third-order valence-corrected chi connectivity index (χ3v) is 6.49. The maximum Gasteiger partial charge on any atom is 0.328 e. The van der Waals surface area contributed by atoms with Gasteiger partial charge in [-0.15, -0.1) is 11.3 Å². The average molecular weight is 450 g/mol. The van der Waals surface area contributed by atoms with Crippen LogP contribution < -0.4 is 5.32 Å². The highest BCUT2D eigenvalue weighted by Crippen LogP contribution is 2.31. The van der Waals surface area contributed by atoms with Gasteiger partial charge in [-0.05, 0) is 42.0 Å². The number of esters is 1. The van der Waals surface area contributed by atoms with E-state index in [0.717, 1.165) is 27.8 Å². The third-order valence-electron chi connectivity index (χ3n) is 5.10. The van der Waals surface area contributed by atoms with Crippen LogP contribution in [0.2, 0.25) is 0 Å². The summed E-state index contributed by atoms with van der Waals surface area (Å²) in [4.78, 5) is 26.3. The molecule has 2 aromatic rings. The van der Waals surface area contributed by atoms with Crippen molar-refractivity contribution in [3.8, 4) is 10.4 Å². The maximum absolute atomic E-state index is 13.0.